The Morgan fingerprint density at radius 3 is 2.96 bits per heavy atom. The quantitative estimate of drug-likeness (QED) is 0.661. The van der Waals surface area contributed by atoms with Crippen LogP contribution in [0.5, 0.6) is 5.75 Å². The Kier molecular flexibility index (Phi) is 5.43. The average molecular weight is 397 g/mol. The van der Waals surface area contributed by atoms with Gasteiger partial charge in [-0.15, -0.1) is 11.3 Å². The Labute approximate surface area is 168 Å². The molecule has 0 radical (unpaired) electrons. The van der Waals surface area contributed by atoms with Crippen LogP contribution in [0.3, 0.4) is 0 Å². The smallest absolute Gasteiger partial charge is 0.262 e. The predicted octanol–water partition coefficient (Wildman–Crippen LogP) is 3.71. The van der Waals surface area contributed by atoms with Crippen molar-refractivity contribution in [2.75, 3.05) is 11.9 Å². The molecular weight excluding hydrogens is 372 g/mol. The third-order valence-corrected chi connectivity index (χ3v) is 6.16. The molecule has 146 valence electrons. The molecule has 1 aromatic carbocycles. The third-order valence-electron chi connectivity index (χ3n) is 5.16. The molecule has 1 aliphatic carbocycles. The standard InChI is InChI=1S/C21H24N4O2S/c1-14-6-7-19(18-5-3-4-17(14)18)27-12-21(26)24-16-10-23-25(11-16)9-8-20-15(2)22-13-28-20/h6-7,10-11,13H,3-5,8-9,12H2,1-2H3,(H,24,26). The largest absolute Gasteiger partial charge is 0.483 e. The van der Waals surface area contributed by atoms with Crippen molar-refractivity contribution in [2.45, 2.75) is 46.1 Å². The molecule has 6 nitrogen and oxygen atoms in total. The molecule has 0 saturated carbocycles. The van der Waals surface area contributed by atoms with Crippen LogP contribution in [0.15, 0.2) is 30.0 Å². The molecule has 7 heteroatoms. The van der Waals surface area contributed by atoms with Gasteiger partial charge in [-0.25, -0.2) is 4.98 Å². The van der Waals surface area contributed by atoms with Gasteiger partial charge in [0.05, 0.1) is 23.1 Å². The maximum Gasteiger partial charge on any atom is 0.262 e. The Hall–Kier alpha value is -2.67. The van der Waals surface area contributed by atoms with Crippen LogP contribution in [0.2, 0.25) is 0 Å². The van der Waals surface area contributed by atoms with E-state index in [2.05, 4.69) is 28.4 Å². The molecule has 0 spiro atoms. The fourth-order valence-electron chi connectivity index (χ4n) is 3.66. The number of nitrogens with one attached hydrogen (secondary N) is 1. The summed E-state index contributed by atoms with van der Waals surface area (Å²) in [6, 6.07) is 4.05. The van der Waals surface area contributed by atoms with Crippen LogP contribution >= 0.6 is 11.3 Å². The van der Waals surface area contributed by atoms with E-state index in [1.807, 2.05) is 29.4 Å². The zero-order valence-corrected chi connectivity index (χ0v) is 17.0. The first kappa shape index (κ1) is 18.7. The van der Waals surface area contributed by atoms with Gasteiger partial charge in [0.1, 0.15) is 5.75 Å². The van der Waals surface area contributed by atoms with E-state index < -0.39 is 0 Å². The lowest BCUT2D eigenvalue weighted by atomic mass is 10.0. The second kappa shape index (κ2) is 8.14. The molecule has 0 aliphatic heterocycles. The molecule has 4 rings (SSSR count). The van der Waals surface area contributed by atoms with Crippen LogP contribution < -0.4 is 10.1 Å². The maximum atomic E-state index is 12.3. The summed E-state index contributed by atoms with van der Waals surface area (Å²) in [6.45, 7) is 4.91. The van der Waals surface area contributed by atoms with Crippen molar-refractivity contribution >= 4 is 22.9 Å². The van der Waals surface area contributed by atoms with Gasteiger partial charge in [0.15, 0.2) is 6.61 Å². The van der Waals surface area contributed by atoms with Crippen molar-refractivity contribution in [1.82, 2.24) is 14.8 Å². The van der Waals surface area contributed by atoms with Crippen LogP contribution in [0.4, 0.5) is 5.69 Å². The summed E-state index contributed by atoms with van der Waals surface area (Å²) in [6.07, 6.45) is 7.68. The lowest BCUT2D eigenvalue weighted by molar-refractivity contribution is -0.118. The molecule has 28 heavy (non-hydrogen) atoms. The predicted molar refractivity (Wildman–Crippen MR) is 110 cm³/mol. The average Bonchev–Trinajstić information content (AvgIpc) is 3.41. The van der Waals surface area contributed by atoms with Crippen LogP contribution in [-0.2, 0) is 30.6 Å². The number of carbonyl (C=O) groups excluding carboxylic acids is 1. The van der Waals surface area contributed by atoms with Gasteiger partial charge in [0.2, 0.25) is 0 Å². The number of hydrogen-bond donors (Lipinski definition) is 1. The van der Waals surface area contributed by atoms with Crippen molar-refractivity contribution in [2.24, 2.45) is 0 Å². The maximum absolute atomic E-state index is 12.3. The summed E-state index contributed by atoms with van der Waals surface area (Å²) in [5.41, 5.74) is 7.58. The zero-order valence-electron chi connectivity index (χ0n) is 16.2. The molecule has 1 N–H and O–H groups in total. The third kappa shape index (κ3) is 4.09. The number of amides is 1. The molecule has 0 unspecified atom stereocenters. The molecular formula is C21H24N4O2S. The molecule has 3 aromatic rings. The van der Waals surface area contributed by atoms with Crippen LogP contribution in [0.1, 0.15) is 33.7 Å². The Morgan fingerprint density at radius 1 is 1.29 bits per heavy atom. The number of aromatic nitrogens is 3. The van der Waals surface area contributed by atoms with Crippen molar-refractivity contribution in [3.8, 4) is 5.75 Å². The van der Waals surface area contributed by atoms with Crippen LogP contribution in [-0.4, -0.2) is 27.3 Å². The number of fused-ring (bicyclic) bond motifs is 1. The van der Waals surface area contributed by atoms with Crippen molar-refractivity contribution in [3.63, 3.8) is 0 Å². The minimum Gasteiger partial charge on any atom is -0.483 e. The number of nitrogens with zero attached hydrogens (tertiary/aromatic N) is 3. The Bertz CT molecular complexity index is 992. The summed E-state index contributed by atoms with van der Waals surface area (Å²) in [5, 5.41) is 7.18. The Balaban J connectivity index is 1.29. The highest BCUT2D eigenvalue weighted by Crippen LogP contribution is 2.32. The fraction of sp³-hybridized carbons (Fsp3) is 0.381. The minimum atomic E-state index is -0.176. The molecule has 2 aromatic heterocycles. The van der Waals surface area contributed by atoms with Gasteiger partial charge in [0, 0.05) is 24.0 Å². The van der Waals surface area contributed by atoms with Gasteiger partial charge in [-0.05, 0) is 55.9 Å². The summed E-state index contributed by atoms with van der Waals surface area (Å²) in [4.78, 5) is 17.8. The van der Waals surface area contributed by atoms with Crippen LogP contribution in [0, 0.1) is 13.8 Å². The number of anilines is 1. The van der Waals surface area contributed by atoms with E-state index in [9.17, 15) is 4.79 Å². The van der Waals surface area contributed by atoms with Gasteiger partial charge in [0.25, 0.3) is 5.91 Å². The topological polar surface area (TPSA) is 69.0 Å². The number of rotatable bonds is 7. The highest BCUT2D eigenvalue weighted by atomic mass is 32.1. The molecule has 0 atom stereocenters. The number of thiazole rings is 1. The van der Waals surface area contributed by atoms with E-state index in [1.54, 1.807) is 17.5 Å². The van der Waals surface area contributed by atoms with E-state index in [1.165, 1.54) is 21.6 Å². The SMILES string of the molecule is Cc1ccc(OCC(=O)Nc2cnn(CCc3scnc3C)c2)c2c1CCC2. The summed E-state index contributed by atoms with van der Waals surface area (Å²) in [7, 11) is 0. The highest BCUT2D eigenvalue weighted by Gasteiger charge is 2.18. The number of aryl methyl sites for hydroxylation is 4. The first-order valence-corrected chi connectivity index (χ1v) is 10.4. The second-order valence-corrected chi connectivity index (χ2v) is 8.07. The molecule has 2 heterocycles. The number of benzene rings is 1. The van der Waals surface area contributed by atoms with Gasteiger partial charge < -0.3 is 10.1 Å². The molecule has 0 bridgehead atoms. The number of ether oxygens (including phenoxy) is 1. The van der Waals surface area contributed by atoms with Gasteiger partial charge in [-0.1, -0.05) is 6.07 Å². The molecule has 1 aliphatic rings. The Morgan fingerprint density at radius 2 is 2.14 bits per heavy atom. The number of carbonyl (C=O) groups is 1. The van der Waals surface area contributed by atoms with E-state index in [-0.39, 0.29) is 12.5 Å². The molecule has 0 saturated heterocycles. The molecule has 0 fully saturated rings. The first-order valence-electron chi connectivity index (χ1n) is 9.55. The second-order valence-electron chi connectivity index (χ2n) is 7.13. The van der Waals surface area contributed by atoms with Crippen molar-refractivity contribution < 1.29 is 9.53 Å². The van der Waals surface area contributed by atoms with E-state index in [4.69, 9.17) is 4.74 Å². The van der Waals surface area contributed by atoms with E-state index >= 15 is 0 Å². The zero-order chi connectivity index (χ0) is 19.5. The van der Waals surface area contributed by atoms with Gasteiger partial charge in [-0.2, -0.15) is 5.10 Å². The lowest BCUT2D eigenvalue weighted by Crippen LogP contribution is -2.20. The number of hydrogen-bond acceptors (Lipinski definition) is 5. The fourth-order valence-corrected chi connectivity index (χ4v) is 4.43. The first-order chi connectivity index (χ1) is 13.6. The van der Waals surface area contributed by atoms with E-state index in [0.717, 1.165) is 43.7 Å². The monoisotopic (exact) mass is 396 g/mol. The summed E-state index contributed by atoms with van der Waals surface area (Å²) in [5.74, 6) is 0.661. The highest BCUT2D eigenvalue weighted by molar-refractivity contribution is 7.09. The summed E-state index contributed by atoms with van der Waals surface area (Å²) >= 11 is 1.66. The van der Waals surface area contributed by atoms with Gasteiger partial charge >= 0.3 is 0 Å². The summed E-state index contributed by atoms with van der Waals surface area (Å²) < 4.78 is 7.65. The normalized spacial score (nSPS) is 12.8. The lowest BCUT2D eigenvalue weighted by Gasteiger charge is -2.12. The van der Waals surface area contributed by atoms with Crippen molar-refractivity contribution in [1.29, 1.82) is 0 Å². The van der Waals surface area contributed by atoms with Crippen molar-refractivity contribution in [3.05, 3.63) is 57.3 Å². The molecule has 1 amide bonds. The van der Waals surface area contributed by atoms with E-state index in [0.29, 0.717) is 5.69 Å². The van der Waals surface area contributed by atoms with Gasteiger partial charge in [-0.3, -0.25) is 9.48 Å². The van der Waals surface area contributed by atoms with Crippen LogP contribution in [0.25, 0.3) is 0 Å². The minimum absolute atomic E-state index is 0.000735.